The van der Waals surface area contributed by atoms with E-state index in [4.69, 9.17) is 0 Å². The summed E-state index contributed by atoms with van der Waals surface area (Å²) in [7, 11) is 1.92. The van der Waals surface area contributed by atoms with Crippen LogP contribution in [0.3, 0.4) is 0 Å². The summed E-state index contributed by atoms with van der Waals surface area (Å²) in [6.45, 7) is 4.80. The Morgan fingerprint density at radius 1 is 1.40 bits per heavy atom. The third-order valence-electron chi connectivity index (χ3n) is 3.94. The Hall–Kier alpha value is -1.65. The average Bonchev–Trinajstić information content (AvgIpc) is 2.53. The van der Waals surface area contributed by atoms with Crippen molar-refractivity contribution in [1.29, 1.82) is 0 Å². The fourth-order valence-corrected chi connectivity index (χ4v) is 2.63. The first-order valence-corrected chi connectivity index (χ1v) is 7.48. The van der Waals surface area contributed by atoms with Crippen LogP contribution in [0, 0.1) is 5.92 Å². The highest BCUT2D eigenvalue weighted by Crippen LogP contribution is 2.22. The summed E-state index contributed by atoms with van der Waals surface area (Å²) in [6, 6.07) is 0. The number of carbonyl (C=O) groups is 1. The van der Waals surface area contributed by atoms with Crippen molar-refractivity contribution in [2.75, 3.05) is 31.6 Å². The Morgan fingerprint density at radius 3 is 2.75 bits per heavy atom. The quantitative estimate of drug-likeness (QED) is 0.825. The molecule has 2 heterocycles. The SMILES string of the molecule is CCCCN(C)C(=O)C1CCN(c2cnccn2)CC1. The predicted octanol–water partition coefficient (Wildman–Crippen LogP) is 1.95. The molecule has 0 aliphatic carbocycles. The first kappa shape index (κ1) is 14.8. The molecule has 1 aliphatic rings. The van der Waals surface area contributed by atoms with E-state index in [2.05, 4.69) is 21.8 Å². The van der Waals surface area contributed by atoms with E-state index < -0.39 is 0 Å². The normalized spacial score (nSPS) is 16.2. The standard InChI is InChI=1S/C15H24N4O/c1-3-4-9-18(2)15(20)13-5-10-19(11-6-13)14-12-16-7-8-17-14/h7-8,12-13H,3-6,9-11H2,1-2H3. The third-order valence-corrected chi connectivity index (χ3v) is 3.94. The number of rotatable bonds is 5. The second-order valence-corrected chi connectivity index (χ2v) is 5.44. The number of piperidine rings is 1. The minimum atomic E-state index is 0.171. The maximum Gasteiger partial charge on any atom is 0.225 e. The largest absolute Gasteiger partial charge is 0.355 e. The molecule has 1 aliphatic heterocycles. The maximum absolute atomic E-state index is 12.3. The lowest BCUT2D eigenvalue weighted by molar-refractivity contribution is -0.134. The minimum Gasteiger partial charge on any atom is -0.355 e. The number of aromatic nitrogens is 2. The van der Waals surface area contributed by atoms with Crippen molar-refractivity contribution in [2.24, 2.45) is 5.92 Å². The first-order chi connectivity index (χ1) is 9.72. The smallest absolute Gasteiger partial charge is 0.225 e. The molecule has 1 aromatic heterocycles. The van der Waals surface area contributed by atoms with Crippen molar-refractivity contribution in [3.8, 4) is 0 Å². The van der Waals surface area contributed by atoms with Gasteiger partial charge in [0.15, 0.2) is 0 Å². The molecule has 0 radical (unpaired) electrons. The summed E-state index contributed by atoms with van der Waals surface area (Å²) in [5, 5.41) is 0. The van der Waals surface area contributed by atoms with Crippen LogP contribution in [-0.2, 0) is 4.79 Å². The summed E-state index contributed by atoms with van der Waals surface area (Å²) >= 11 is 0. The second kappa shape index (κ2) is 7.22. The third kappa shape index (κ3) is 3.68. The molecular formula is C15H24N4O. The zero-order valence-electron chi connectivity index (χ0n) is 12.5. The molecule has 0 saturated carbocycles. The van der Waals surface area contributed by atoms with Gasteiger partial charge in [-0.1, -0.05) is 13.3 Å². The van der Waals surface area contributed by atoms with Gasteiger partial charge in [-0.2, -0.15) is 0 Å². The number of unbranched alkanes of at least 4 members (excludes halogenated alkanes) is 1. The Bertz CT molecular complexity index is 415. The van der Waals surface area contributed by atoms with Crippen LogP contribution in [0.2, 0.25) is 0 Å². The Morgan fingerprint density at radius 2 is 2.15 bits per heavy atom. The van der Waals surface area contributed by atoms with Gasteiger partial charge in [0.25, 0.3) is 0 Å². The van der Waals surface area contributed by atoms with Crippen molar-refractivity contribution in [3.05, 3.63) is 18.6 Å². The van der Waals surface area contributed by atoms with Crippen LogP contribution >= 0.6 is 0 Å². The van der Waals surface area contributed by atoms with E-state index in [0.717, 1.165) is 51.1 Å². The summed E-state index contributed by atoms with van der Waals surface area (Å²) in [4.78, 5) is 24.8. The minimum absolute atomic E-state index is 0.171. The van der Waals surface area contributed by atoms with Crippen LogP contribution in [0.5, 0.6) is 0 Å². The number of hydrogen-bond acceptors (Lipinski definition) is 4. The van der Waals surface area contributed by atoms with E-state index in [1.54, 1.807) is 18.6 Å². The summed E-state index contributed by atoms with van der Waals surface area (Å²) < 4.78 is 0. The summed E-state index contributed by atoms with van der Waals surface area (Å²) in [6.07, 6.45) is 9.21. The van der Waals surface area contributed by atoms with Crippen molar-refractivity contribution in [2.45, 2.75) is 32.6 Å². The van der Waals surface area contributed by atoms with Gasteiger partial charge < -0.3 is 9.80 Å². The maximum atomic E-state index is 12.3. The van der Waals surface area contributed by atoms with E-state index in [9.17, 15) is 4.79 Å². The van der Waals surface area contributed by atoms with E-state index in [1.807, 2.05) is 11.9 Å². The van der Waals surface area contributed by atoms with Crippen molar-refractivity contribution in [3.63, 3.8) is 0 Å². The Balaban J connectivity index is 1.83. The van der Waals surface area contributed by atoms with Crippen molar-refractivity contribution < 1.29 is 4.79 Å². The molecule has 110 valence electrons. The molecule has 5 heteroatoms. The van der Waals surface area contributed by atoms with E-state index >= 15 is 0 Å². The highest BCUT2D eigenvalue weighted by molar-refractivity contribution is 5.78. The molecule has 1 amide bonds. The molecule has 0 N–H and O–H groups in total. The second-order valence-electron chi connectivity index (χ2n) is 5.44. The number of hydrogen-bond donors (Lipinski definition) is 0. The van der Waals surface area contributed by atoms with Crippen LogP contribution < -0.4 is 4.90 Å². The molecular weight excluding hydrogens is 252 g/mol. The molecule has 0 atom stereocenters. The van der Waals surface area contributed by atoms with Gasteiger partial charge in [0.05, 0.1) is 6.20 Å². The van der Waals surface area contributed by atoms with Gasteiger partial charge in [0, 0.05) is 45.0 Å². The van der Waals surface area contributed by atoms with Crippen LogP contribution in [-0.4, -0.2) is 47.5 Å². The molecule has 1 fully saturated rings. The summed E-state index contributed by atoms with van der Waals surface area (Å²) in [5.74, 6) is 1.39. The van der Waals surface area contributed by atoms with Crippen molar-refractivity contribution >= 4 is 11.7 Å². The molecule has 0 bridgehead atoms. The van der Waals surface area contributed by atoms with Gasteiger partial charge in [-0.15, -0.1) is 0 Å². The molecule has 20 heavy (non-hydrogen) atoms. The molecule has 1 aromatic rings. The van der Waals surface area contributed by atoms with Gasteiger partial charge in [-0.05, 0) is 19.3 Å². The van der Waals surface area contributed by atoms with Gasteiger partial charge in [-0.3, -0.25) is 9.78 Å². The van der Waals surface area contributed by atoms with Crippen LogP contribution in [0.15, 0.2) is 18.6 Å². The monoisotopic (exact) mass is 276 g/mol. The van der Waals surface area contributed by atoms with E-state index in [1.165, 1.54) is 0 Å². The van der Waals surface area contributed by atoms with E-state index in [-0.39, 0.29) is 5.92 Å². The first-order valence-electron chi connectivity index (χ1n) is 7.48. The van der Waals surface area contributed by atoms with Gasteiger partial charge in [0.2, 0.25) is 5.91 Å². The zero-order valence-corrected chi connectivity index (χ0v) is 12.5. The number of nitrogens with zero attached hydrogens (tertiary/aromatic N) is 4. The molecule has 0 aromatic carbocycles. The zero-order chi connectivity index (χ0) is 14.4. The fourth-order valence-electron chi connectivity index (χ4n) is 2.63. The van der Waals surface area contributed by atoms with E-state index in [0.29, 0.717) is 5.91 Å². The lowest BCUT2D eigenvalue weighted by Crippen LogP contribution is -2.41. The van der Waals surface area contributed by atoms with Crippen LogP contribution in [0.4, 0.5) is 5.82 Å². The molecule has 5 nitrogen and oxygen atoms in total. The Kier molecular flexibility index (Phi) is 5.32. The van der Waals surface area contributed by atoms with Gasteiger partial charge >= 0.3 is 0 Å². The number of carbonyl (C=O) groups excluding carboxylic acids is 1. The Labute approximate surface area is 121 Å². The average molecular weight is 276 g/mol. The molecule has 1 saturated heterocycles. The summed E-state index contributed by atoms with van der Waals surface area (Å²) in [5.41, 5.74) is 0. The van der Waals surface area contributed by atoms with Crippen LogP contribution in [0.25, 0.3) is 0 Å². The van der Waals surface area contributed by atoms with Crippen LogP contribution in [0.1, 0.15) is 32.6 Å². The van der Waals surface area contributed by atoms with Gasteiger partial charge in [0.1, 0.15) is 5.82 Å². The van der Waals surface area contributed by atoms with Crippen molar-refractivity contribution in [1.82, 2.24) is 14.9 Å². The molecule has 0 unspecified atom stereocenters. The topological polar surface area (TPSA) is 49.3 Å². The fraction of sp³-hybridized carbons (Fsp3) is 0.667. The lowest BCUT2D eigenvalue weighted by Gasteiger charge is -2.33. The highest BCUT2D eigenvalue weighted by atomic mass is 16.2. The lowest BCUT2D eigenvalue weighted by atomic mass is 9.95. The highest BCUT2D eigenvalue weighted by Gasteiger charge is 2.27. The predicted molar refractivity (Wildman–Crippen MR) is 79.5 cm³/mol. The molecule has 2 rings (SSSR count). The molecule has 0 spiro atoms. The van der Waals surface area contributed by atoms with Gasteiger partial charge in [-0.25, -0.2) is 4.98 Å². The number of amides is 1. The number of anilines is 1.